The van der Waals surface area contributed by atoms with Gasteiger partial charge in [0.25, 0.3) is 5.75 Å². The Morgan fingerprint density at radius 1 is 1.19 bits per heavy atom. The monoisotopic (exact) mass is 225 g/mol. The highest BCUT2D eigenvalue weighted by Crippen LogP contribution is 2.39. The van der Waals surface area contributed by atoms with Gasteiger partial charge in [0.05, 0.1) is 16.0 Å². The van der Waals surface area contributed by atoms with Crippen LogP contribution in [0.2, 0.25) is 0 Å². The van der Waals surface area contributed by atoms with Crippen molar-refractivity contribution in [3.63, 3.8) is 0 Å². The van der Waals surface area contributed by atoms with Gasteiger partial charge in [0.15, 0.2) is 0 Å². The number of ether oxygens (including phenoxy) is 1. The SMILES string of the molecule is O=[N+]([O-])c1cncc([N+](=O)[O-])c1OC1CC1. The summed E-state index contributed by atoms with van der Waals surface area (Å²) in [7, 11) is 0. The standard InChI is InChI=1S/C8H7N3O5/c12-10(13)6-3-9-4-7(11(14)15)8(6)16-5-1-2-5/h3-5H,1-2H2. The third kappa shape index (κ3) is 1.90. The average molecular weight is 225 g/mol. The summed E-state index contributed by atoms with van der Waals surface area (Å²) < 4.78 is 5.19. The summed E-state index contributed by atoms with van der Waals surface area (Å²) in [5.41, 5.74) is -0.942. The lowest BCUT2D eigenvalue weighted by Crippen LogP contribution is -2.04. The van der Waals surface area contributed by atoms with E-state index in [1.54, 1.807) is 0 Å². The van der Waals surface area contributed by atoms with Crippen molar-refractivity contribution in [2.45, 2.75) is 18.9 Å². The number of nitrogens with zero attached hydrogens (tertiary/aromatic N) is 3. The molecule has 1 aliphatic rings. The zero-order chi connectivity index (χ0) is 11.7. The van der Waals surface area contributed by atoms with Crippen molar-refractivity contribution < 1.29 is 14.6 Å². The summed E-state index contributed by atoms with van der Waals surface area (Å²) >= 11 is 0. The molecule has 0 aliphatic heterocycles. The van der Waals surface area contributed by atoms with Crippen LogP contribution in [-0.4, -0.2) is 20.9 Å². The first-order chi connectivity index (χ1) is 7.59. The maximum absolute atomic E-state index is 10.7. The van der Waals surface area contributed by atoms with Crippen molar-refractivity contribution in [3.05, 3.63) is 32.6 Å². The quantitative estimate of drug-likeness (QED) is 0.566. The molecule has 0 amide bonds. The van der Waals surface area contributed by atoms with Gasteiger partial charge >= 0.3 is 11.4 Å². The van der Waals surface area contributed by atoms with Crippen LogP contribution in [0.15, 0.2) is 12.4 Å². The molecule has 2 rings (SSSR count). The largest absolute Gasteiger partial charge is 0.479 e. The van der Waals surface area contributed by atoms with E-state index in [0.29, 0.717) is 0 Å². The minimum Gasteiger partial charge on any atom is -0.479 e. The fraction of sp³-hybridized carbons (Fsp3) is 0.375. The molecule has 1 aliphatic carbocycles. The summed E-state index contributed by atoms with van der Waals surface area (Å²) in [4.78, 5) is 23.3. The second kappa shape index (κ2) is 3.72. The third-order valence-electron chi connectivity index (χ3n) is 2.06. The minimum atomic E-state index is -0.738. The number of nitro groups is 2. The molecule has 0 radical (unpaired) electrons. The summed E-state index contributed by atoms with van der Waals surface area (Å²) in [5, 5.41) is 21.3. The van der Waals surface area contributed by atoms with Gasteiger partial charge in [0, 0.05) is 0 Å². The van der Waals surface area contributed by atoms with E-state index < -0.39 is 21.2 Å². The lowest BCUT2D eigenvalue weighted by atomic mass is 10.3. The van der Waals surface area contributed by atoms with E-state index in [1.165, 1.54) is 0 Å². The maximum atomic E-state index is 10.7. The molecular weight excluding hydrogens is 218 g/mol. The molecule has 0 bridgehead atoms. The molecule has 1 aromatic rings. The predicted octanol–water partition coefficient (Wildman–Crippen LogP) is 1.44. The van der Waals surface area contributed by atoms with Crippen molar-refractivity contribution in [2.75, 3.05) is 0 Å². The zero-order valence-corrected chi connectivity index (χ0v) is 8.03. The number of aromatic nitrogens is 1. The van der Waals surface area contributed by atoms with Crippen LogP contribution in [0.1, 0.15) is 12.8 Å². The van der Waals surface area contributed by atoms with Crippen molar-refractivity contribution in [3.8, 4) is 5.75 Å². The lowest BCUT2D eigenvalue weighted by Gasteiger charge is -2.04. The molecule has 8 heteroatoms. The van der Waals surface area contributed by atoms with E-state index in [2.05, 4.69) is 4.98 Å². The Morgan fingerprint density at radius 3 is 2.06 bits per heavy atom. The van der Waals surface area contributed by atoms with Gasteiger partial charge in [0.2, 0.25) is 0 Å². The van der Waals surface area contributed by atoms with Crippen molar-refractivity contribution in [1.29, 1.82) is 0 Å². The van der Waals surface area contributed by atoms with Gasteiger partial charge in [-0.1, -0.05) is 0 Å². The van der Waals surface area contributed by atoms with E-state index in [1.807, 2.05) is 0 Å². The topological polar surface area (TPSA) is 108 Å². The first-order valence-corrected chi connectivity index (χ1v) is 4.53. The molecule has 1 heterocycles. The number of pyridine rings is 1. The van der Waals surface area contributed by atoms with Gasteiger partial charge < -0.3 is 4.74 Å². The number of hydrogen-bond acceptors (Lipinski definition) is 6. The number of hydrogen-bond donors (Lipinski definition) is 0. The highest BCUT2D eigenvalue weighted by Gasteiger charge is 2.33. The number of rotatable bonds is 4. The van der Waals surface area contributed by atoms with Crippen LogP contribution in [0.25, 0.3) is 0 Å². The van der Waals surface area contributed by atoms with Crippen molar-refractivity contribution in [2.24, 2.45) is 0 Å². The first-order valence-electron chi connectivity index (χ1n) is 4.53. The maximum Gasteiger partial charge on any atom is 0.336 e. The van der Waals surface area contributed by atoms with E-state index in [0.717, 1.165) is 25.2 Å². The molecule has 1 saturated carbocycles. The molecule has 1 aromatic heterocycles. The van der Waals surface area contributed by atoms with Crippen LogP contribution < -0.4 is 4.74 Å². The Kier molecular flexibility index (Phi) is 2.39. The molecule has 0 spiro atoms. The van der Waals surface area contributed by atoms with Gasteiger partial charge in [-0.25, -0.2) is 0 Å². The smallest absolute Gasteiger partial charge is 0.336 e. The van der Waals surface area contributed by atoms with E-state index >= 15 is 0 Å². The van der Waals surface area contributed by atoms with Gasteiger partial charge in [-0.05, 0) is 12.8 Å². The normalized spacial score (nSPS) is 14.5. The molecular formula is C8H7N3O5. The molecule has 84 valence electrons. The second-order valence-corrected chi connectivity index (χ2v) is 3.34. The fourth-order valence-corrected chi connectivity index (χ4v) is 1.16. The van der Waals surface area contributed by atoms with Gasteiger partial charge in [-0.15, -0.1) is 0 Å². The Balaban J connectivity index is 2.47. The summed E-state index contributed by atoms with van der Waals surface area (Å²) in [6, 6.07) is 0. The average Bonchev–Trinajstić information content (AvgIpc) is 3.01. The molecule has 0 atom stereocenters. The van der Waals surface area contributed by atoms with E-state index in [-0.39, 0.29) is 11.9 Å². The minimum absolute atomic E-state index is 0.153. The Bertz CT molecular complexity index is 425. The van der Waals surface area contributed by atoms with Crippen LogP contribution in [0.5, 0.6) is 5.75 Å². The Hall–Kier alpha value is -2.25. The molecule has 0 aromatic carbocycles. The first kappa shape index (κ1) is 10.3. The molecule has 8 nitrogen and oxygen atoms in total. The lowest BCUT2D eigenvalue weighted by molar-refractivity contribution is -0.396. The van der Waals surface area contributed by atoms with Crippen LogP contribution >= 0.6 is 0 Å². The van der Waals surface area contributed by atoms with Crippen molar-refractivity contribution >= 4 is 11.4 Å². The highest BCUT2D eigenvalue weighted by molar-refractivity contribution is 5.57. The highest BCUT2D eigenvalue weighted by atomic mass is 16.6. The van der Waals surface area contributed by atoms with Crippen LogP contribution in [-0.2, 0) is 0 Å². The zero-order valence-electron chi connectivity index (χ0n) is 8.03. The summed E-state index contributed by atoms with van der Waals surface area (Å²) in [6.45, 7) is 0. The molecule has 0 N–H and O–H groups in total. The van der Waals surface area contributed by atoms with Gasteiger partial charge in [-0.2, -0.15) is 0 Å². The van der Waals surface area contributed by atoms with Crippen LogP contribution in [0, 0.1) is 20.2 Å². The van der Waals surface area contributed by atoms with Gasteiger partial charge in [-0.3, -0.25) is 25.2 Å². The summed E-state index contributed by atoms with van der Waals surface area (Å²) in [5.74, 6) is -0.299. The third-order valence-corrected chi connectivity index (χ3v) is 2.06. The molecule has 1 fully saturated rings. The second-order valence-electron chi connectivity index (χ2n) is 3.34. The predicted molar refractivity (Wildman–Crippen MR) is 51.2 cm³/mol. The Morgan fingerprint density at radius 2 is 1.69 bits per heavy atom. The van der Waals surface area contributed by atoms with Crippen molar-refractivity contribution in [1.82, 2.24) is 4.98 Å². The van der Waals surface area contributed by atoms with Gasteiger partial charge in [0.1, 0.15) is 12.4 Å². The Labute approximate surface area is 89.2 Å². The molecule has 16 heavy (non-hydrogen) atoms. The van der Waals surface area contributed by atoms with Crippen LogP contribution in [0.3, 0.4) is 0 Å². The summed E-state index contributed by atoms with van der Waals surface area (Å²) in [6.07, 6.45) is 3.27. The molecule has 0 unspecified atom stereocenters. The van der Waals surface area contributed by atoms with E-state index in [9.17, 15) is 20.2 Å². The van der Waals surface area contributed by atoms with E-state index in [4.69, 9.17) is 4.74 Å². The van der Waals surface area contributed by atoms with Crippen LogP contribution in [0.4, 0.5) is 11.4 Å². The molecule has 0 saturated heterocycles. The fourth-order valence-electron chi connectivity index (χ4n) is 1.16.